The first kappa shape index (κ1) is 14.4. The van der Waals surface area contributed by atoms with Crippen LogP contribution in [0.15, 0.2) is 12.4 Å². The van der Waals surface area contributed by atoms with Crippen LogP contribution < -0.4 is 16.0 Å². The summed E-state index contributed by atoms with van der Waals surface area (Å²) in [5, 5.41) is 13.0. The van der Waals surface area contributed by atoms with Gasteiger partial charge in [0.05, 0.1) is 12.1 Å². The van der Waals surface area contributed by atoms with E-state index in [2.05, 4.69) is 11.4 Å². The Morgan fingerprint density at radius 2 is 2.30 bits per heavy atom. The van der Waals surface area contributed by atoms with E-state index in [4.69, 9.17) is 5.73 Å². The molecule has 106 valence electrons. The number of rotatable bonds is 4. The minimum absolute atomic E-state index is 0.0850. The molecule has 0 aromatic carbocycles. The number of anilines is 1. The standard InChI is InChI=1S/C14H18N4OS/c1-18(13(19)9-17-7-6-15)14-11(8-16)10-4-2-3-5-12(10)20-14/h6-7,17H,2-5,9,15H2,1H3/b7-6-. The quantitative estimate of drug-likeness (QED) is 0.880. The van der Waals surface area contributed by atoms with Crippen LogP contribution in [0.5, 0.6) is 0 Å². The van der Waals surface area contributed by atoms with E-state index in [1.165, 1.54) is 23.7 Å². The van der Waals surface area contributed by atoms with Gasteiger partial charge in [-0.3, -0.25) is 4.79 Å². The molecule has 0 atom stereocenters. The Hall–Kier alpha value is -2.00. The molecule has 0 fully saturated rings. The summed E-state index contributed by atoms with van der Waals surface area (Å²) in [4.78, 5) is 14.9. The molecule has 0 radical (unpaired) electrons. The molecule has 0 saturated heterocycles. The van der Waals surface area contributed by atoms with Crippen molar-refractivity contribution in [3.63, 3.8) is 0 Å². The second kappa shape index (κ2) is 6.44. The molecule has 0 bridgehead atoms. The predicted octanol–water partition coefficient (Wildman–Crippen LogP) is 1.48. The number of fused-ring (bicyclic) bond motifs is 1. The summed E-state index contributed by atoms with van der Waals surface area (Å²) in [5.74, 6) is -0.0850. The van der Waals surface area contributed by atoms with E-state index in [1.807, 2.05) is 0 Å². The van der Waals surface area contributed by atoms with Crippen LogP contribution in [0.4, 0.5) is 5.00 Å². The maximum atomic E-state index is 12.1. The number of thiophene rings is 1. The summed E-state index contributed by atoms with van der Waals surface area (Å²) in [6.07, 6.45) is 7.13. The Morgan fingerprint density at radius 1 is 1.55 bits per heavy atom. The molecular weight excluding hydrogens is 272 g/mol. The zero-order chi connectivity index (χ0) is 14.5. The zero-order valence-electron chi connectivity index (χ0n) is 11.5. The number of aryl methyl sites for hydroxylation is 1. The number of nitrogens with two attached hydrogens (primary N) is 1. The lowest BCUT2D eigenvalue weighted by atomic mass is 9.96. The summed E-state index contributed by atoms with van der Waals surface area (Å²) < 4.78 is 0. The van der Waals surface area contributed by atoms with Gasteiger partial charge in [-0.2, -0.15) is 5.26 Å². The van der Waals surface area contributed by atoms with Gasteiger partial charge in [-0.15, -0.1) is 11.3 Å². The highest BCUT2D eigenvalue weighted by molar-refractivity contribution is 7.16. The van der Waals surface area contributed by atoms with Crippen molar-refractivity contribution in [2.75, 3.05) is 18.5 Å². The number of likely N-dealkylation sites (N-methyl/N-ethyl adjacent to an activating group) is 1. The van der Waals surface area contributed by atoms with Gasteiger partial charge in [0.2, 0.25) is 5.91 Å². The van der Waals surface area contributed by atoms with Gasteiger partial charge in [-0.05, 0) is 31.2 Å². The second-order valence-corrected chi connectivity index (χ2v) is 5.78. The molecule has 1 aliphatic carbocycles. The molecule has 6 heteroatoms. The third-order valence-electron chi connectivity index (χ3n) is 3.41. The van der Waals surface area contributed by atoms with Crippen LogP contribution in [0.25, 0.3) is 0 Å². The Bertz CT molecular complexity index is 570. The summed E-state index contributed by atoms with van der Waals surface area (Å²) in [6.45, 7) is 0.164. The molecule has 1 amide bonds. The van der Waals surface area contributed by atoms with Gasteiger partial charge < -0.3 is 16.0 Å². The third-order valence-corrected chi connectivity index (χ3v) is 4.78. The smallest absolute Gasteiger partial charge is 0.246 e. The van der Waals surface area contributed by atoms with Gasteiger partial charge in [0.15, 0.2) is 0 Å². The van der Waals surface area contributed by atoms with Gasteiger partial charge in [-0.1, -0.05) is 0 Å². The van der Waals surface area contributed by atoms with Crippen molar-refractivity contribution in [2.24, 2.45) is 5.73 Å². The molecule has 5 nitrogen and oxygen atoms in total. The van der Waals surface area contributed by atoms with E-state index in [9.17, 15) is 10.1 Å². The number of carbonyl (C=O) groups excluding carboxylic acids is 1. The van der Waals surface area contributed by atoms with Crippen LogP contribution in [0.2, 0.25) is 0 Å². The molecule has 1 aromatic heterocycles. The number of nitrogens with zero attached hydrogens (tertiary/aromatic N) is 2. The maximum absolute atomic E-state index is 12.1. The van der Waals surface area contributed by atoms with Crippen LogP contribution in [0.3, 0.4) is 0 Å². The van der Waals surface area contributed by atoms with Crippen molar-refractivity contribution < 1.29 is 4.79 Å². The largest absolute Gasteiger partial charge is 0.403 e. The van der Waals surface area contributed by atoms with Crippen molar-refractivity contribution in [1.29, 1.82) is 5.26 Å². The number of nitriles is 1. The highest BCUT2D eigenvalue weighted by atomic mass is 32.1. The molecule has 0 aliphatic heterocycles. The van der Waals surface area contributed by atoms with Crippen molar-refractivity contribution in [1.82, 2.24) is 5.32 Å². The van der Waals surface area contributed by atoms with E-state index in [0.717, 1.165) is 29.8 Å². The molecule has 2 rings (SSSR count). The van der Waals surface area contributed by atoms with E-state index in [0.29, 0.717) is 5.56 Å². The lowest BCUT2D eigenvalue weighted by Crippen LogP contribution is -2.33. The first-order valence-electron chi connectivity index (χ1n) is 6.60. The predicted molar refractivity (Wildman–Crippen MR) is 80.4 cm³/mol. The minimum atomic E-state index is -0.0850. The normalized spacial score (nSPS) is 13.8. The second-order valence-electron chi connectivity index (χ2n) is 4.70. The fraction of sp³-hybridized carbons (Fsp3) is 0.429. The van der Waals surface area contributed by atoms with Gasteiger partial charge in [-0.25, -0.2) is 0 Å². The lowest BCUT2D eigenvalue weighted by Gasteiger charge is -2.15. The van der Waals surface area contributed by atoms with Gasteiger partial charge in [0.1, 0.15) is 11.1 Å². The molecule has 20 heavy (non-hydrogen) atoms. The van der Waals surface area contributed by atoms with Crippen LogP contribution in [-0.4, -0.2) is 19.5 Å². The first-order valence-corrected chi connectivity index (χ1v) is 7.42. The Labute approximate surface area is 122 Å². The molecule has 1 aromatic rings. The lowest BCUT2D eigenvalue weighted by molar-refractivity contribution is -0.117. The van der Waals surface area contributed by atoms with Crippen molar-refractivity contribution in [2.45, 2.75) is 25.7 Å². The zero-order valence-corrected chi connectivity index (χ0v) is 12.3. The van der Waals surface area contributed by atoms with E-state index < -0.39 is 0 Å². The minimum Gasteiger partial charge on any atom is -0.403 e. The number of carbonyl (C=O) groups is 1. The van der Waals surface area contributed by atoms with E-state index in [-0.39, 0.29) is 12.5 Å². The van der Waals surface area contributed by atoms with Crippen LogP contribution >= 0.6 is 11.3 Å². The Morgan fingerprint density at radius 3 is 3.00 bits per heavy atom. The van der Waals surface area contributed by atoms with Gasteiger partial charge >= 0.3 is 0 Å². The molecule has 3 N–H and O–H groups in total. The topological polar surface area (TPSA) is 82.2 Å². The molecule has 0 spiro atoms. The van der Waals surface area contributed by atoms with E-state index >= 15 is 0 Å². The summed E-state index contributed by atoms with van der Waals surface area (Å²) in [5.41, 5.74) is 7.03. The summed E-state index contributed by atoms with van der Waals surface area (Å²) >= 11 is 1.57. The summed E-state index contributed by atoms with van der Waals surface area (Å²) in [7, 11) is 1.72. The van der Waals surface area contributed by atoms with Gasteiger partial charge in [0, 0.05) is 24.3 Å². The maximum Gasteiger partial charge on any atom is 0.246 e. The molecule has 0 saturated carbocycles. The Kier molecular flexibility index (Phi) is 4.64. The van der Waals surface area contributed by atoms with Crippen molar-refractivity contribution in [3.8, 4) is 6.07 Å². The van der Waals surface area contributed by atoms with Crippen molar-refractivity contribution in [3.05, 3.63) is 28.4 Å². The molecule has 1 heterocycles. The Balaban J connectivity index is 2.21. The van der Waals surface area contributed by atoms with Gasteiger partial charge in [0.25, 0.3) is 0 Å². The number of hydrogen-bond acceptors (Lipinski definition) is 5. The summed E-state index contributed by atoms with van der Waals surface area (Å²) in [6, 6.07) is 2.27. The highest BCUT2D eigenvalue weighted by Crippen LogP contribution is 2.39. The third kappa shape index (κ3) is 2.78. The fourth-order valence-corrected chi connectivity index (χ4v) is 3.67. The monoisotopic (exact) mass is 290 g/mol. The van der Waals surface area contributed by atoms with Crippen LogP contribution in [-0.2, 0) is 17.6 Å². The van der Waals surface area contributed by atoms with Crippen LogP contribution in [0, 0.1) is 11.3 Å². The number of nitrogens with one attached hydrogen (secondary N) is 1. The average molecular weight is 290 g/mol. The fourth-order valence-electron chi connectivity index (χ4n) is 2.35. The average Bonchev–Trinajstić information content (AvgIpc) is 2.85. The molecule has 1 aliphatic rings. The number of amides is 1. The molecule has 0 unspecified atom stereocenters. The first-order chi connectivity index (χ1) is 9.69. The van der Waals surface area contributed by atoms with E-state index in [1.54, 1.807) is 23.3 Å². The number of hydrogen-bond donors (Lipinski definition) is 2. The van der Waals surface area contributed by atoms with Crippen LogP contribution in [0.1, 0.15) is 28.8 Å². The molecular formula is C14H18N4OS. The van der Waals surface area contributed by atoms with Crippen molar-refractivity contribution >= 4 is 22.2 Å². The SMILES string of the molecule is CN(C(=O)CN/C=C\N)c1sc2c(c1C#N)CCCC2. The highest BCUT2D eigenvalue weighted by Gasteiger charge is 2.24.